The van der Waals surface area contributed by atoms with E-state index in [1.165, 1.54) is 11.4 Å². The van der Waals surface area contributed by atoms with Gasteiger partial charge in [-0.25, -0.2) is 0 Å². The van der Waals surface area contributed by atoms with Crippen molar-refractivity contribution in [2.75, 3.05) is 46.9 Å². The molecule has 0 atom stereocenters. The fraction of sp³-hybridized carbons (Fsp3) is 0.826. The molecule has 0 unspecified atom stereocenters. The number of nitrogens with zero attached hydrogens (tertiary/aromatic N) is 2. The number of hydrogen-bond donors (Lipinski definition) is 1. The number of rotatable bonds is 9. The SMILES string of the molecule is CC(C)C1=C(C(C)C)N(CCO)CO1.COCCN1COC(C(C)C)=C1C(C)C. The fourth-order valence-corrected chi connectivity index (χ4v) is 3.81. The minimum atomic E-state index is 0.185. The molecule has 2 heterocycles. The molecule has 0 saturated carbocycles. The third-order valence-corrected chi connectivity index (χ3v) is 5.02. The van der Waals surface area contributed by atoms with E-state index >= 15 is 0 Å². The van der Waals surface area contributed by atoms with Crippen molar-refractivity contribution in [3.8, 4) is 0 Å². The van der Waals surface area contributed by atoms with Gasteiger partial charge in [-0.15, -0.1) is 0 Å². The fourth-order valence-electron chi connectivity index (χ4n) is 3.81. The van der Waals surface area contributed by atoms with E-state index in [0.29, 0.717) is 43.7 Å². The molecule has 0 fully saturated rings. The van der Waals surface area contributed by atoms with E-state index in [9.17, 15) is 0 Å². The number of β-amino-alcohol motifs (C(OH)–C–C–N with tert-alkyl or cyclic N) is 1. The van der Waals surface area contributed by atoms with Gasteiger partial charge in [0.25, 0.3) is 0 Å². The van der Waals surface area contributed by atoms with E-state index in [2.05, 4.69) is 65.2 Å². The summed E-state index contributed by atoms with van der Waals surface area (Å²) >= 11 is 0. The highest BCUT2D eigenvalue weighted by atomic mass is 16.5. The number of aliphatic hydroxyl groups excluding tert-OH is 1. The molecule has 0 spiro atoms. The summed E-state index contributed by atoms with van der Waals surface area (Å²) in [5.41, 5.74) is 2.61. The van der Waals surface area contributed by atoms with E-state index in [-0.39, 0.29) is 6.61 Å². The molecule has 0 amide bonds. The van der Waals surface area contributed by atoms with E-state index in [1.807, 2.05) is 0 Å². The maximum absolute atomic E-state index is 8.93. The second-order valence-electron chi connectivity index (χ2n) is 8.91. The van der Waals surface area contributed by atoms with Gasteiger partial charge in [0.2, 0.25) is 0 Å². The molecule has 0 saturated heterocycles. The largest absolute Gasteiger partial charge is 0.475 e. The van der Waals surface area contributed by atoms with Crippen molar-refractivity contribution >= 4 is 0 Å². The van der Waals surface area contributed by atoms with Gasteiger partial charge in [0, 0.05) is 32.0 Å². The number of hydrogen-bond acceptors (Lipinski definition) is 6. The van der Waals surface area contributed by atoms with Crippen LogP contribution in [0, 0.1) is 23.7 Å². The summed E-state index contributed by atoms with van der Waals surface area (Å²) in [6, 6.07) is 0. The minimum Gasteiger partial charge on any atom is -0.475 e. The van der Waals surface area contributed by atoms with Crippen molar-refractivity contribution in [3.05, 3.63) is 22.9 Å². The zero-order valence-electron chi connectivity index (χ0n) is 20.1. The summed E-state index contributed by atoms with van der Waals surface area (Å²) in [4.78, 5) is 4.41. The standard InChI is InChI=1S/C12H23NO2.C11H21NO2/c1-9(2)11-12(10(3)4)15-8-13(11)6-7-14-5;1-8(2)10-11(9(3)4)14-7-12(10)5-6-13/h9-10H,6-8H2,1-5H3;8-9,13H,5-7H2,1-4H3. The van der Waals surface area contributed by atoms with Gasteiger partial charge in [0.05, 0.1) is 24.6 Å². The van der Waals surface area contributed by atoms with E-state index < -0.39 is 0 Å². The predicted octanol–water partition coefficient (Wildman–Crippen LogP) is 4.24. The van der Waals surface area contributed by atoms with Crippen LogP contribution in [0.4, 0.5) is 0 Å². The maximum atomic E-state index is 8.93. The van der Waals surface area contributed by atoms with Gasteiger partial charge >= 0.3 is 0 Å². The van der Waals surface area contributed by atoms with Gasteiger partial charge < -0.3 is 29.1 Å². The minimum absolute atomic E-state index is 0.185. The smallest absolute Gasteiger partial charge is 0.161 e. The van der Waals surface area contributed by atoms with Crippen LogP contribution in [0.1, 0.15) is 55.4 Å². The summed E-state index contributed by atoms with van der Waals surface area (Å²) in [5.74, 6) is 4.11. The Morgan fingerprint density at radius 1 is 0.759 bits per heavy atom. The molecule has 2 rings (SSSR count). The van der Waals surface area contributed by atoms with Gasteiger partial charge in [-0.3, -0.25) is 0 Å². The van der Waals surface area contributed by atoms with Crippen LogP contribution in [0.3, 0.4) is 0 Å². The van der Waals surface area contributed by atoms with Crippen molar-refractivity contribution in [2.24, 2.45) is 23.7 Å². The Morgan fingerprint density at radius 2 is 1.17 bits per heavy atom. The van der Waals surface area contributed by atoms with Gasteiger partial charge in [0.1, 0.15) is 11.5 Å². The molecule has 0 aromatic rings. The van der Waals surface area contributed by atoms with Crippen LogP contribution < -0.4 is 0 Å². The molecular formula is C23H44N2O4. The van der Waals surface area contributed by atoms with Crippen LogP contribution in [-0.2, 0) is 14.2 Å². The highest BCUT2D eigenvalue weighted by Gasteiger charge is 2.28. The summed E-state index contributed by atoms with van der Waals surface area (Å²) < 4.78 is 16.5. The first kappa shape index (κ1) is 25.6. The van der Waals surface area contributed by atoms with E-state index in [1.54, 1.807) is 7.11 Å². The lowest BCUT2D eigenvalue weighted by atomic mass is 10.0. The summed E-state index contributed by atoms with van der Waals surface area (Å²) in [7, 11) is 1.74. The molecule has 0 bridgehead atoms. The molecule has 0 radical (unpaired) electrons. The number of aliphatic hydroxyl groups is 1. The summed E-state index contributed by atoms with van der Waals surface area (Å²) in [6.45, 7) is 21.2. The van der Waals surface area contributed by atoms with E-state index in [4.69, 9.17) is 19.3 Å². The first-order valence-electron chi connectivity index (χ1n) is 11.0. The summed E-state index contributed by atoms with van der Waals surface area (Å²) in [6.07, 6.45) is 0. The van der Waals surface area contributed by atoms with Crippen LogP contribution in [0.25, 0.3) is 0 Å². The first-order valence-corrected chi connectivity index (χ1v) is 11.0. The molecule has 29 heavy (non-hydrogen) atoms. The number of ether oxygens (including phenoxy) is 3. The van der Waals surface area contributed by atoms with Crippen LogP contribution in [-0.4, -0.2) is 61.8 Å². The monoisotopic (exact) mass is 412 g/mol. The molecule has 6 nitrogen and oxygen atoms in total. The Hall–Kier alpha value is -1.40. The normalized spacial score (nSPS) is 17.0. The average molecular weight is 413 g/mol. The maximum Gasteiger partial charge on any atom is 0.161 e. The Bertz CT molecular complexity index is 553. The molecule has 170 valence electrons. The van der Waals surface area contributed by atoms with Gasteiger partial charge in [0.15, 0.2) is 13.5 Å². The molecule has 1 N–H and O–H groups in total. The van der Waals surface area contributed by atoms with Gasteiger partial charge in [-0.05, 0) is 11.8 Å². The van der Waals surface area contributed by atoms with Crippen LogP contribution in [0.5, 0.6) is 0 Å². The van der Waals surface area contributed by atoms with Crippen molar-refractivity contribution in [1.82, 2.24) is 9.80 Å². The lowest BCUT2D eigenvalue weighted by molar-refractivity contribution is 0.104. The van der Waals surface area contributed by atoms with Crippen molar-refractivity contribution < 1.29 is 19.3 Å². The molecule has 2 aliphatic heterocycles. The quantitative estimate of drug-likeness (QED) is 0.611. The predicted molar refractivity (Wildman–Crippen MR) is 118 cm³/mol. The Balaban J connectivity index is 0.000000291. The molecule has 2 aliphatic rings. The van der Waals surface area contributed by atoms with Crippen molar-refractivity contribution in [3.63, 3.8) is 0 Å². The second-order valence-corrected chi connectivity index (χ2v) is 8.91. The van der Waals surface area contributed by atoms with Gasteiger partial charge in [-0.1, -0.05) is 55.4 Å². The average Bonchev–Trinajstić information content (AvgIpc) is 3.25. The highest BCUT2D eigenvalue weighted by molar-refractivity contribution is 5.16. The third-order valence-electron chi connectivity index (χ3n) is 5.02. The Morgan fingerprint density at radius 3 is 1.48 bits per heavy atom. The first-order chi connectivity index (χ1) is 13.6. The lowest BCUT2D eigenvalue weighted by Crippen LogP contribution is -2.26. The molecule has 0 aromatic carbocycles. The summed E-state index contributed by atoms with van der Waals surface area (Å²) in [5, 5.41) is 8.93. The van der Waals surface area contributed by atoms with Gasteiger partial charge in [-0.2, -0.15) is 0 Å². The molecule has 0 aromatic heterocycles. The zero-order valence-corrected chi connectivity index (χ0v) is 20.1. The zero-order chi connectivity index (χ0) is 22.1. The second kappa shape index (κ2) is 12.3. The Kier molecular flexibility index (Phi) is 10.9. The number of allylic oxidation sites excluding steroid dienone is 4. The highest BCUT2D eigenvalue weighted by Crippen LogP contribution is 2.31. The van der Waals surface area contributed by atoms with Crippen molar-refractivity contribution in [1.29, 1.82) is 0 Å². The van der Waals surface area contributed by atoms with Crippen LogP contribution in [0.15, 0.2) is 22.9 Å². The number of methoxy groups -OCH3 is 1. The molecular weight excluding hydrogens is 368 g/mol. The third kappa shape index (κ3) is 7.10. The molecule has 6 heteroatoms. The molecule has 0 aliphatic carbocycles. The Labute approximate surface area is 178 Å². The van der Waals surface area contributed by atoms with Crippen LogP contribution in [0.2, 0.25) is 0 Å². The van der Waals surface area contributed by atoms with Crippen LogP contribution >= 0.6 is 0 Å². The van der Waals surface area contributed by atoms with Crippen molar-refractivity contribution in [2.45, 2.75) is 55.4 Å². The van der Waals surface area contributed by atoms with E-state index in [0.717, 1.165) is 24.7 Å². The lowest BCUT2D eigenvalue weighted by Gasteiger charge is -2.22. The topological polar surface area (TPSA) is 54.4 Å².